The van der Waals surface area contributed by atoms with Gasteiger partial charge in [-0.15, -0.1) is 0 Å². The number of amides is 1. The SMILES string of the molecule is COc1cccc([C@H]2CCCN2C(=O)C2CCOCC2)c1. The predicted octanol–water partition coefficient (Wildman–Crippen LogP) is 2.79. The first-order valence-electron chi connectivity index (χ1n) is 7.82. The molecule has 21 heavy (non-hydrogen) atoms. The van der Waals surface area contributed by atoms with E-state index in [1.165, 1.54) is 5.56 Å². The largest absolute Gasteiger partial charge is 0.497 e. The summed E-state index contributed by atoms with van der Waals surface area (Å²) in [6, 6.07) is 8.31. The molecule has 2 fully saturated rings. The van der Waals surface area contributed by atoms with Gasteiger partial charge in [-0.1, -0.05) is 12.1 Å². The van der Waals surface area contributed by atoms with E-state index in [2.05, 4.69) is 17.0 Å². The molecule has 1 aromatic carbocycles. The Morgan fingerprint density at radius 1 is 1.29 bits per heavy atom. The molecule has 2 saturated heterocycles. The van der Waals surface area contributed by atoms with Crippen LogP contribution in [0.25, 0.3) is 0 Å². The molecule has 114 valence electrons. The third-order valence-electron chi connectivity index (χ3n) is 4.58. The summed E-state index contributed by atoms with van der Waals surface area (Å²) < 4.78 is 10.7. The number of benzene rings is 1. The fourth-order valence-electron chi connectivity index (χ4n) is 3.40. The van der Waals surface area contributed by atoms with Gasteiger partial charge in [0.1, 0.15) is 5.75 Å². The lowest BCUT2D eigenvalue weighted by Gasteiger charge is -2.31. The normalized spacial score (nSPS) is 23.3. The molecule has 0 radical (unpaired) electrons. The molecule has 0 N–H and O–H groups in total. The van der Waals surface area contributed by atoms with E-state index in [0.29, 0.717) is 19.1 Å². The Labute approximate surface area is 126 Å². The molecule has 4 heteroatoms. The van der Waals surface area contributed by atoms with Gasteiger partial charge in [0.05, 0.1) is 13.2 Å². The van der Waals surface area contributed by atoms with Crippen molar-refractivity contribution < 1.29 is 14.3 Å². The molecule has 4 nitrogen and oxygen atoms in total. The van der Waals surface area contributed by atoms with Gasteiger partial charge in [0.25, 0.3) is 0 Å². The van der Waals surface area contributed by atoms with E-state index in [0.717, 1.165) is 38.0 Å². The molecule has 0 aromatic heterocycles. The van der Waals surface area contributed by atoms with Crippen LogP contribution in [0.4, 0.5) is 0 Å². The third kappa shape index (κ3) is 3.05. The van der Waals surface area contributed by atoms with E-state index in [4.69, 9.17) is 9.47 Å². The summed E-state index contributed by atoms with van der Waals surface area (Å²) in [4.78, 5) is 14.9. The van der Waals surface area contributed by atoms with Crippen LogP contribution in [-0.2, 0) is 9.53 Å². The van der Waals surface area contributed by atoms with Gasteiger partial charge in [-0.25, -0.2) is 0 Å². The minimum absolute atomic E-state index is 0.143. The molecule has 2 heterocycles. The lowest BCUT2D eigenvalue weighted by molar-refractivity contribution is -0.139. The fourth-order valence-corrected chi connectivity index (χ4v) is 3.40. The van der Waals surface area contributed by atoms with Crippen molar-refractivity contribution in [2.45, 2.75) is 31.7 Å². The molecule has 2 aliphatic rings. The molecule has 1 atom stereocenters. The second-order valence-electron chi connectivity index (χ2n) is 5.85. The fraction of sp³-hybridized carbons (Fsp3) is 0.588. The average Bonchev–Trinajstić information content (AvgIpc) is 3.04. The van der Waals surface area contributed by atoms with Gasteiger partial charge in [-0.05, 0) is 43.4 Å². The minimum Gasteiger partial charge on any atom is -0.497 e. The zero-order valence-corrected chi connectivity index (χ0v) is 12.6. The first-order chi connectivity index (χ1) is 10.3. The molecule has 3 rings (SSSR count). The number of ether oxygens (including phenoxy) is 2. The van der Waals surface area contributed by atoms with E-state index < -0.39 is 0 Å². The van der Waals surface area contributed by atoms with Gasteiger partial charge in [0.15, 0.2) is 0 Å². The molecule has 0 unspecified atom stereocenters. The van der Waals surface area contributed by atoms with Crippen LogP contribution in [0, 0.1) is 5.92 Å². The van der Waals surface area contributed by atoms with Crippen LogP contribution in [0.2, 0.25) is 0 Å². The maximum absolute atomic E-state index is 12.8. The van der Waals surface area contributed by atoms with E-state index in [1.807, 2.05) is 12.1 Å². The van der Waals surface area contributed by atoms with Crippen LogP contribution in [0.15, 0.2) is 24.3 Å². The molecule has 1 aromatic rings. The van der Waals surface area contributed by atoms with Gasteiger partial charge < -0.3 is 14.4 Å². The van der Waals surface area contributed by atoms with Gasteiger partial charge in [-0.2, -0.15) is 0 Å². The summed E-state index contributed by atoms with van der Waals surface area (Å²) in [6.07, 6.45) is 3.85. The summed E-state index contributed by atoms with van der Waals surface area (Å²) >= 11 is 0. The van der Waals surface area contributed by atoms with Crippen molar-refractivity contribution in [3.8, 4) is 5.75 Å². The van der Waals surface area contributed by atoms with Gasteiger partial charge in [0.2, 0.25) is 5.91 Å². The van der Waals surface area contributed by atoms with E-state index in [1.54, 1.807) is 7.11 Å². The van der Waals surface area contributed by atoms with Gasteiger partial charge in [-0.3, -0.25) is 4.79 Å². The van der Waals surface area contributed by atoms with Crippen molar-refractivity contribution in [2.24, 2.45) is 5.92 Å². The average molecular weight is 289 g/mol. The summed E-state index contributed by atoms with van der Waals surface area (Å²) in [7, 11) is 1.68. The van der Waals surface area contributed by atoms with Crippen molar-refractivity contribution in [3.63, 3.8) is 0 Å². The lowest BCUT2D eigenvalue weighted by Crippen LogP contribution is -2.38. The lowest BCUT2D eigenvalue weighted by atomic mass is 9.97. The number of hydrogen-bond donors (Lipinski definition) is 0. The predicted molar refractivity (Wildman–Crippen MR) is 80.2 cm³/mol. The monoisotopic (exact) mass is 289 g/mol. The van der Waals surface area contributed by atoms with Gasteiger partial charge in [0, 0.05) is 25.7 Å². The molecule has 0 saturated carbocycles. The maximum Gasteiger partial charge on any atom is 0.226 e. The van der Waals surface area contributed by atoms with Crippen LogP contribution in [0.5, 0.6) is 5.75 Å². The van der Waals surface area contributed by atoms with Crippen molar-refractivity contribution in [1.29, 1.82) is 0 Å². The first kappa shape index (κ1) is 14.4. The van der Waals surface area contributed by atoms with Crippen LogP contribution in [0.3, 0.4) is 0 Å². The summed E-state index contributed by atoms with van der Waals surface area (Å²) in [5, 5.41) is 0. The zero-order valence-electron chi connectivity index (χ0n) is 12.6. The topological polar surface area (TPSA) is 38.8 Å². The Hall–Kier alpha value is -1.55. The molecular formula is C17H23NO3. The zero-order chi connectivity index (χ0) is 14.7. The number of methoxy groups -OCH3 is 1. The second-order valence-corrected chi connectivity index (χ2v) is 5.85. The molecule has 2 aliphatic heterocycles. The van der Waals surface area contributed by atoms with Crippen molar-refractivity contribution in [3.05, 3.63) is 29.8 Å². The highest BCUT2D eigenvalue weighted by Crippen LogP contribution is 2.35. The highest BCUT2D eigenvalue weighted by Gasteiger charge is 2.34. The third-order valence-corrected chi connectivity index (χ3v) is 4.58. The first-order valence-corrected chi connectivity index (χ1v) is 7.82. The highest BCUT2D eigenvalue weighted by molar-refractivity contribution is 5.79. The Morgan fingerprint density at radius 3 is 2.86 bits per heavy atom. The Kier molecular flexibility index (Phi) is 4.44. The number of hydrogen-bond acceptors (Lipinski definition) is 3. The molecule has 0 aliphatic carbocycles. The van der Waals surface area contributed by atoms with Gasteiger partial charge >= 0.3 is 0 Å². The van der Waals surface area contributed by atoms with Crippen LogP contribution in [-0.4, -0.2) is 37.7 Å². The Bertz CT molecular complexity index is 497. The quantitative estimate of drug-likeness (QED) is 0.859. The number of rotatable bonds is 3. The number of likely N-dealkylation sites (tertiary alicyclic amines) is 1. The van der Waals surface area contributed by atoms with E-state index in [-0.39, 0.29) is 12.0 Å². The number of nitrogens with zero attached hydrogens (tertiary/aromatic N) is 1. The van der Waals surface area contributed by atoms with E-state index >= 15 is 0 Å². The summed E-state index contributed by atoms with van der Waals surface area (Å²) in [5.41, 5.74) is 1.19. The summed E-state index contributed by atoms with van der Waals surface area (Å²) in [6.45, 7) is 2.31. The minimum atomic E-state index is 0.143. The number of carbonyl (C=O) groups is 1. The molecule has 0 bridgehead atoms. The number of carbonyl (C=O) groups excluding carboxylic acids is 1. The molecule has 0 spiro atoms. The van der Waals surface area contributed by atoms with Crippen molar-refractivity contribution in [2.75, 3.05) is 26.9 Å². The maximum atomic E-state index is 12.8. The second kappa shape index (κ2) is 6.48. The molecular weight excluding hydrogens is 266 g/mol. The van der Waals surface area contributed by atoms with Crippen LogP contribution in [0.1, 0.15) is 37.3 Å². The standard InChI is InChI=1S/C17H23NO3/c1-20-15-5-2-4-14(12-15)16-6-3-9-18(16)17(19)13-7-10-21-11-8-13/h2,4-5,12-13,16H,3,6-11H2,1H3/t16-/m1/s1. The Balaban J connectivity index is 1.76. The Morgan fingerprint density at radius 2 is 2.10 bits per heavy atom. The van der Waals surface area contributed by atoms with Crippen molar-refractivity contribution in [1.82, 2.24) is 4.90 Å². The van der Waals surface area contributed by atoms with Crippen LogP contribution < -0.4 is 4.74 Å². The van der Waals surface area contributed by atoms with E-state index in [9.17, 15) is 4.79 Å². The summed E-state index contributed by atoms with van der Waals surface area (Å²) in [5.74, 6) is 1.31. The smallest absolute Gasteiger partial charge is 0.226 e. The van der Waals surface area contributed by atoms with Crippen molar-refractivity contribution >= 4 is 5.91 Å². The molecule has 1 amide bonds. The highest BCUT2D eigenvalue weighted by atomic mass is 16.5. The van der Waals surface area contributed by atoms with Crippen LogP contribution >= 0.6 is 0 Å².